The molecule has 0 rings (SSSR count). The summed E-state index contributed by atoms with van der Waals surface area (Å²) in [6.07, 6.45) is 5.27. The molecule has 0 saturated carbocycles. The quantitative estimate of drug-likeness (QED) is 0.662. The summed E-state index contributed by atoms with van der Waals surface area (Å²) in [6.45, 7) is 7.94. The van der Waals surface area contributed by atoms with E-state index in [9.17, 15) is 4.79 Å². The predicted molar refractivity (Wildman–Crippen MR) is 58.5 cm³/mol. The SMILES string of the molecule is C#CCC(=O)N(CC)CC(C)(C)CN. The molecule has 0 aliphatic carbocycles. The Bertz CT molecular complexity index is 228. The van der Waals surface area contributed by atoms with E-state index in [1.165, 1.54) is 0 Å². The fourth-order valence-electron chi connectivity index (χ4n) is 1.16. The molecule has 1 amide bonds. The van der Waals surface area contributed by atoms with Crippen LogP contribution in [0.1, 0.15) is 27.2 Å². The summed E-state index contributed by atoms with van der Waals surface area (Å²) >= 11 is 0. The van der Waals surface area contributed by atoms with Crippen molar-refractivity contribution in [2.24, 2.45) is 11.1 Å². The van der Waals surface area contributed by atoms with Gasteiger partial charge in [0.2, 0.25) is 5.91 Å². The van der Waals surface area contributed by atoms with Crippen LogP contribution in [0, 0.1) is 17.8 Å². The zero-order valence-corrected chi connectivity index (χ0v) is 9.34. The minimum absolute atomic E-state index is 0.0107. The maximum atomic E-state index is 11.5. The lowest BCUT2D eigenvalue weighted by Gasteiger charge is -2.30. The molecule has 0 aliphatic heterocycles. The van der Waals surface area contributed by atoms with Gasteiger partial charge >= 0.3 is 0 Å². The van der Waals surface area contributed by atoms with Crippen LogP contribution >= 0.6 is 0 Å². The molecule has 0 radical (unpaired) electrons. The van der Waals surface area contributed by atoms with E-state index in [1.54, 1.807) is 4.90 Å². The van der Waals surface area contributed by atoms with E-state index < -0.39 is 0 Å². The summed E-state index contributed by atoms with van der Waals surface area (Å²) in [6, 6.07) is 0. The van der Waals surface area contributed by atoms with Gasteiger partial charge in [-0.2, -0.15) is 0 Å². The maximum Gasteiger partial charge on any atom is 0.234 e. The first-order chi connectivity index (χ1) is 6.46. The number of carbonyl (C=O) groups excluding carboxylic acids is 1. The van der Waals surface area contributed by atoms with Crippen molar-refractivity contribution >= 4 is 5.91 Å². The molecule has 0 heterocycles. The molecule has 14 heavy (non-hydrogen) atoms. The molecule has 0 bridgehead atoms. The first-order valence-corrected chi connectivity index (χ1v) is 4.88. The van der Waals surface area contributed by atoms with Gasteiger partial charge in [0.15, 0.2) is 0 Å². The standard InChI is InChI=1S/C11H20N2O/c1-5-7-10(14)13(6-2)9-11(3,4)8-12/h1H,6-9,12H2,2-4H3. The summed E-state index contributed by atoms with van der Waals surface area (Å²) in [5.41, 5.74) is 5.56. The van der Waals surface area contributed by atoms with Gasteiger partial charge in [-0.3, -0.25) is 4.79 Å². The average Bonchev–Trinajstić information content (AvgIpc) is 2.14. The van der Waals surface area contributed by atoms with Crippen LogP contribution < -0.4 is 5.73 Å². The number of amides is 1. The number of rotatable bonds is 5. The molecule has 0 spiro atoms. The van der Waals surface area contributed by atoms with Crippen LogP contribution in [0.15, 0.2) is 0 Å². The molecule has 0 fully saturated rings. The van der Waals surface area contributed by atoms with Crippen molar-refractivity contribution in [3.63, 3.8) is 0 Å². The first-order valence-electron chi connectivity index (χ1n) is 4.88. The lowest BCUT2D eigenvalue weighted by atomic mass is 9.93. The van der Waals surface area contributed by atoms with Crippen LogP contribution in [-0.4, -0.2) is 30.4 Å². The van der Waals surface area contributed by atoms with E-state index in [-0.39, 0.29) is 17.7 Å². The minimum atomic E-state index is -0.0414. The maximum absolute atomic E-state index is 11.5. The lowest BCUT2D eigenvalue weighted by molar-refractivity contribution is -0.131. The van der Waals surface area contributed by atoms with Gasteiger partial charge in [-0.25, -0.2) is 0 Å². The fourth-order valence-corrected chi connectivity index (χ4v) is 1.16. The number of hydrogen-bond donors (Lipinski definition) is 1. The molecule has 0 atom stereocenters. The summed E-state index contributed by atoms with van der Waals surface area (Å²) in [4.78, 5) is 13.3. The summed E-state index contributed by atoms with van der Waals surface area (Å²) < 4.78 is 0. The Morgan fingerprint density at radius 1 is 1.57 bits per heavy atom. The third kappa shape index (κ3) is 4.29. The van der Waals surface area contributed by atoms with Gasteiger partial charge in [0.1, 0.15) is 0 Å². The van der Waals surface area contributed by atoms with E-state index >= 15 is 0 Å². The molecule has 0 aromatic rings. The van der Waals surface area contributed by atoms with Crippen molar-refractivity contribution < 1.29 is 4.79 Å². The number of carbonyl (C=O) groups is 1. The predicted octanol–water partition coefficient (Wildman–Crippen LogP) is 0.843. The molecule has 0 aromatic carbocycles. The number of hydrogen-bond acceptors (Lipinski definition) is 2. The molecule has 0 unspecified atom stereocenters. The Hall–Kier alpha value is -1.01. The van der Waals surface area contributed by atoms with Gasteiger partial charge in [0.25, 0.3) is 0 Å². The minimum Gasteiger partial charge on any atom is -0.342 e. The van der Waals surface area contributed by atoms with Gasteiger partial charge in [-0.15, -0.1) is 6.42 Å². The van der Waals surface area contributed by atoms with Gasteiger partial charge < -0.3 is 10.6 Å². The number of nitrogens with zero attached hydrogens (tertiary/aromatic N) is 1. The molecule has 3 nitrogen and oxygen atoms in total. The highest BCUT2D eigenvalue weighted by atomic mass is 16.2. The fraction of sp³-hybridized carbons (Fsp3) is 0.727. The van der Waals surface area contributed by atoms with Crippen LogP contribution in [0.3, 0.4) is 0 Å². The normalized spacial score (nSPS) is 10.8. The van der Waals surface area contributed by atoms with Gasteiger partial charge in [0, 0.05) is 13.1 Å². The highest BCUT2D eigenvalue weighted by Gasteiger charge is 2.21. The lowest BCUT2D eigenvalue weighted by Crippen LogP contribution is -2.41. The van der Waals surface area contributed by atoms with Crippen molar-refractivity contribution in [2.45, 2.75) is 27.2 Å². The number of terminal acetylenes is 1. The summed E-state index contributed by atoms with van der Waals surface area (Å²) in [5, 5.41) is 0. The molecule has 0 saturated heterocycles. The van der Waals surface area contributed by atoms with E-state index in [0.29, 0.717) is 19.6 Å². The largest absolute Gasteiger partial charge is 0.342 e. The Balaban J connectivity index is 4.30. The van der Waals surface area contributed by atoms with Crippen molar-refractivity contribution in [1.82, 2.24) is 4.90 Å². The molecule has 80 valence electrons. The average molecular weight is 196 g/mol. The Kier molecular flexibility index (Phi) is 5.26. The molecular formula is C11H20N2O. The molecule has 0 aromatic heterocycles. The van der Waals surface area contributed by atoms with Crippen LogP contribution in [0.25, 0.3) is 0 Å². The topological polar surface area (TPSA) is 46.3 Å². The summed E-state index contributed by atoms with van der Waals surface area (Å²) in [5.74, 6) is 2.37. The molecule has 2 N–H and O–H groups in total. The van der Waals surface area contributed by atoms with Crippen molar-refractivity contribution in [3.05, 3.63) is 0 Å². The third-order valence-electron chi connectivity index (χ3n) is 2.16. The van der Waals surface area contributed by atoms with Crippen LogP contribution in [-0.2, 0) is 4.79 Å². The van der Waals surface area contributed by atoms with Crippen molar-refractivity contribution in [1.29, 1.82) is 0 Å². The van der Waals surface area contributed by atoms with Crippen LogP contribution in [0.5, 0.6) is 0 Å². The van der Waals surface area contributed by atoms with Gasteiger partial charge in [0.05, 0.1) is 6.42 Å². The third-order valence-corrected chi connectivity index (χ3v) is 2.16. The second-order valence-corrected chi connectivity index (χ2v) is 4.16. The highest BCUT2D eigenvalue weighted by Crippen LogP contribution is 2.15. The van der Waals surface area contributed by atoms with E-state index in [2.05, 4.69) is 5.92 Å². The van der Waals surface area contributed by atoms with Gasteiger partial charge in [-0.1, -0.05) is 19.8 Å². The van der Waals surface area contributed by atoms with Crippen LogP contribution in [0.2, 0.25) is 0 Å². The van der Waals surface area contributed by atoms with Crippen molar-refractivity contribution in [3.8, 4) is 12.3 Å². The van der Waals surface area contributed by atoms with Gasteiger partial charge in [-0.05, 0) is 18.9 Å². The van der Waals surface area contributed by atoms with Crippen LogP contribution in [0.4, 0.5) is 0 Å². The Morgan fingerprint density at radius 3 is 2.50 bits per heavy atom. The number of nitrogens with two attached hydrogens (primary N) is 1. The highest BCUT2D eigenvalue weighted by molar-refractivity contribution is 5.78. The monoisotopic (exact) mass is 196 g/mol. The zero-order valence-electron chi connectivity index (χ0n) is 9.34. The Morgan fingerprint density at radius 2 is 2.14 bits per heavy atom. The first kappa shape index (κ1) is 13.0. The Labute approximate surface area is 86.6 Å². The second-order valence-electron chi connectivity index (χ2n) is 4.16. The molecule has 0 aliphatic rings. The molecular weight excluding hydrogens is 176 g/mol. The smallest absolute Gasteiger partial charge is 0.234 e. The van der Waals surface area contributed by atoms with E-state index in [4.69, 9.17) is 12.2 Å². The second kappa shape index (κ2) is 5.66. The van der Waals surface area contributed by atoms with E-state index in [0.717, 1.165) is 0 Å². The zero-order chi connectivity index (χ0) is 11.2. The summed E-state index contributed by atoms with van der Waals surface area (Å²) in [7, 11) is 0. The van der Waals surface area contributed by atoms with Crippen molar-refractivity contribution in [2.75, 3.05) is 19.6 Å². The van der Waals surface area contributed by atoms with E-state index in [1.807, 2.05) is 20.8 Å². The molecule has 3 heteroatoms.